The highest BCUT2D eigenvalue weighted by Crippen LogP contribution is 2.22. The Kier molecular flexibility index (Phi) is 5.71. The van der Waals surface area contributed by atoms with E-state index >= 15 is 0 Å². The fraction of sp³-hybridized carbons (Fsp3) is 0.500. The van der Waals surface area contributed by atoms with E-state index in [4.69, 9.17) is 0 Å². The second-order valence-corrected chi connectivity index (χ2v) is 7.24. The average molecular weight is 323 g/mol. The Morgan fingerprint density at radius 3 is 2.41 bits per heavy atom. The molecule has 6 heteroatoms. The molecule has 120 valence electrons. The van der Waals surface area contributed by atoms with Gasteiger partial charge >= 0.3 is 5.97 Å². The maximum absolute atomic E-state index is 12.4. The highest BCUT2D eigenvalue weighted by atomic mass is 32.2. The van der Waals surface area contributed by atoms with E-state index in [0.717, 1.165) is 12.8 Å². The zero-order valence-corrected chi connectivity index (χ0v) is 13.4. The third-order valence-electron chi connectivity index (χ3n) is 3.99. The van der Waals surface area contributed by atoms with Gasteiger partial charge in [0.1, 0.15) is 5.75 Å². The van der Waals surface area contributed by atoms with E-state index in [9.17, 15) is 18.9 Å². The van der Waals surface area contributed by atoms with Crippen LogP contribution in [0.4, 0.5) is 0 Å². The second-order valence-electron chi connectivity index (χ2n) is 5.72. The summed E-state index contributed by atoms with van der Waals surface area (Å²) >= 11 is 0. The molecule has 1 aliphatic heterocycles. The Bertz CT molecular complexity index is 553. The van der Waals surface area contributed by atoms with Crippen LogP contribution in [0.1, 0.15) is 30.6 Å². The lowest BCUT2D eigenvalue weighted by Crippen LogP contribution is -2.41. The molecule has 2 unspecified atom stereocenters. The monoisotopic (exact) mass is 323 g/mol. The lowest BCUT2D eigenvalue weighted by atomic mass is 9.99. The summed E-state index contributed by atoms with van der Waals surface area (Å²) in [6, 6.07) is 8.44. The fourth-order valence-corrected chi connectivity index (χ4v) is 3.87. The maximum atomic E-state index is 12.4. The molecule has 1 aromatic carbocycles. The van der Waals surface area contributed by atoms with Crippen LogP contribution < -0.4 is 0 Å². The number of benzene rings is 1. The van der Waals surface area contributed by atoms with Crippen molar-refractivity contribution in [3.05, 3.63) is 35.9 Å². The Hall–Kier alpha value is -1.69. The molecule has 1 saturated heterocycles. The number of hydrogen-bond acceptors (Lipinski definition) is 3. The number of likely N-dealkylation sites (tertiary alicyclic amines) is 1. The summed E-state index contributed by atoms with van der Waals surface area (Å²) in [6.45, 7) is 3.48. The van der Waals surface area contributed by atoms with Crippen molar-refractivity contribution in [2.75, 3.05) is 18.8 Å². The van der Waals surface area contributed by atoms with Gasteiger partial charge in [0.2, 0.25) is 5.91 Å². The topological polar surface area (TPSA) is 74.7 Å². The molecule has 0 spiro atoms. The summed E-state index contributed by atoms with van der Waals surface area (Å²) in [7, 11) is -1.77. The van der Waals surface area contributed by atoms with Crippen LogP contribution in [0.2, 0.25) is 0 Å². The first-order valence-electron chi connectivity index (χ1n) is 7.41. The number of aliphatic carboxylic acids is 1. The molecular weight excluding hydrogens is 302 g/mol. The van der Waals surface area contributed by atoms with E-state index in [1.165, 1.54) is 0 Å². The molecule has 1 amide bonds. The molecule has 1 heterocycles. The van der Waals surface area contributed by atoms with Gasteiger partial charge in [0.25, 0.3) is 0 Å². The Morgan fingerprint density at radius 1 is 1.27 bits per heavy atom. The minimum absolute atomic E-state index is 0.215. The van der Waals surface area contributed by atoms with E-state index in [1.54, 1.807) is 35.2 Å². The number of amides is 1. The van der Waals surface area contributed by atoms with Crippen molar-refractivity contribution in [2.45, 2.75) is 25.0 Å². The highest BCUT2D eigenvalue weighted by Gasteiger charge is 2.30. The third kappa shape index (κ3) is 4.16. The molecule has 1 fully saturated rings. The van der Waals surface area contributed by atoms with E-state index in [1.807, 2.05) is 0 Å². The molecule has 2 rings (SSSR count). The number of hydrogen-bond donors (Lipinski definition) is 1. The van der Waals surface area contributed by atoms with Gasteiger partial charge in [0.05, 0.1) is 0 Å². The molecule has 0 aromatic heterocycles. The van der Waals surface area contributed by atoms with Crippen LogP contribution in [-0.4, -0.2) is 44.9 Å². The summed E-state index contributed by atoms with van der Waals surface area (Å²) in [5.74, 6) is -1.01. The Labute approximate surface area is 132 Å². The van der Waals surface area contributed by atoms with Crippen LogP contribution in [0.3, 0.4) is 0 Å². The quantitative estimate of drug-likeness (QED) is 0.897. The van der Waals surface area contributed by atoms with Gasteiger partial charge < -0.3 is 10.0 Å². The molecule has 2 atom stereocenters. The SMILES string of the molecule is CC1CCN(C(=O)CS(=O)C(C(=O)O)c2ccccc2)CC1. The van der Waals surface area contributed by atoms with Crippen molar-refractivity contribution in [3.8, 4) is 0 Å². The van der Waals surface area contributed by atoms with Crippen molar-refractivity contribution in [3.63, 3.8) is 0 Å². The second kappa shape index (κ2) is 7.54. The predicted octanol–water partition coefficient (Wildman–Crippen LogP) is 1.82. The van der Waals surface area contributed by atoms with Crippen LogP contribution in [-0.2, 0) is 20.4 Å². The third-order valence-corrected chi connectivity index (χ3v) is 5.52. The first-order chi connectivity index (χ1) is 10.5. The normalized spacial score (nSPS) is 18.7. The standard InChI is InChI=1S/C16H21NO4S/c1-12-7-9-17(10-8-12)14(18)11-22(21)15(16(19)20)13-5-3-2-4-6-13/h2-6,12,15H,7-11H2,1H3,(H,19,20). The molecule has 1 N–H and O–H groups in total. The van der Waals surface area contributed by atoms with Gasteiger partial charge in [0.15, 0.2) is 5.25 Å². The number of carbonyl (C=O) groups excluding carboxylic acids is 1. The summed E-state index contributed by atoms with van der Waals surface area (Å²) < 4.78 is 12.4. The van der Waals surface area contributed by atoms with Crippen molar-refractivity contribution >= 4 is 22.7 Å². The zero-order chi connectivity index (χ0) is 16.1. The minimum Gasteiger partial charge on any atom is -0.480 e. The van der Waals surface area contributed by atoms with Crippen LogP contribution in [0.15, 0.2) is 30.3 Å². The van der Waals surface area contributed by atoms with Gasteiger partial charge in [-0.2, -0.15) is 0 Å². The van der Waals surface area contributed by atoms with Gasteiger partial charge in [-0.3, -0.25) is 13.8 Å². The minimum atomic E-state index is -1.77. The van der Waals surface area contributed by atoms with E-state index in [0.29, 0.717) is 24.6 Å². The molecule has 0 bridgehead atoms. The van der Waals surface area contributed by atoms with Gasteiger partial charge in [-0.05, 0) is 24.3 Å². The number of carboxylic acids is 1. The van der Waals surface area contributed by atoms with Crippen LogP contribution in [0.5, 0.6) is 0 Å². The van der Waals surface area contributed by atoms with Gasteiger partial charge in [-0.25, -0.2) is 0 Å². The number of piperidine rings is 1. The summed E-state index contributed by atoms with van der Waals surface area (Å²) in [4.78, 5) is 25.3. The van der Waals surface area contributed by atoms with Crippen molar-refractivity contribution in [1.29, 1.82) is 0 Å². The van der Waals surface area contributed by atoms with Gasteiger partial charge in [-0.1, -0.05) is 37.3 Å². The molecular formula is C16H21NO4S. The predicted molar refractivity (Wildman–Crippen MR) is 84.8 cm³/mol. The molecule has 1 aliphatic rings. The largest absolute Gasteiger partial charge is 0.480 e. The van der Waals surface area contributed by atoms with Gasteiger partial charge in [0, 0.05) is 23.9 Å². The number of carboxylic acid groups (broad SMARTS) is 1. The van der Waals surface area contributed by atoms with Crippen molar-refractivity contribution in [1.82, 2.24) is 4.90 Å². The van der Waals surface area contributed by atoms with Crippen LogP contribution in [0, 0.1) is 5.92 Å². The number of rotatable bonds is 5. The lowest BCUT2D eigenvalue weighted by Gasteiger charge is -2.30. The van der Waals surface area contributed by atoms with Crippen LogP contribution >= 0.6 is 0 Å². The zero-order valence-electron chi connectivity index (χ0n) is 12.6. The van der Waals surface area contributed by atoms with E-state index in [-0.39, 0.29) is 11.7 Å². The molecule has 1 aromatic rings. The van der Waals surface area contributed by atoms with Crippen molar-refractivity contribution < 1.29 is 18.9 Å². The van der Waals surface area contributed by atoms with E-state index < -0.39 is 22.0 Å². The van der Waals surface area contributed by atoms with Crippen molar-refractivity contribution in [2.24, 2.45) is 5.92 Å². The summed E-state index contributed by atoms with van der Waals surface area (Å²) in [6.07, 6.45) is 1.89. The Morgan fingerprint density at radius 2 is 1.86 bits per heavy atom. The first kappa shape index (κ1) is 16.7. The lowest BCUT2D eigenvalue weighted by molar-refractivity contribution is -0.136. The Balaban J connectivity index is 2.03. The smallest absolute Gasteiger partial charge is 0.323 e. The molecule has 0 radical (unpaired) electrons. The molecule has 5 nitrogen and oxygen atoms in total. The fourth-order valence-electron chi connectivity index (χ4n) is 2.59. The summed E-state index contributed by atoms with van der Waals surface area (Å²) in [5.41, 5.74) is 0.466. The molecule has 22 heavy (non-hydrogen) atoms. The molecule has 0 saturated carbocycles. The average Bonchev–Trinajstić information content (AvgIpc) is 2.48. The number of carbonyl (C=O) groups is 2. The van der Waals surface area contributed by atoms with Crippen LogP contribution in [0.25, 0.3) is 0 Å². The van der Waals surface area contributed by atoms with E-state index in [2.05, 4.69) is 6.92 Å². The highest BCUT2D eigenvalue weighted by molar-refractivity contribution is 7.86. The first-order valence-corrected chi connectivity index (χ1v) is 8.80. The van der Waals surface area contributed by atoms with Gasteiger partial charge in [-0.15, -0.1) is 0 Å². The maximum Gasteiger partial charge on any atom is 0.323 e. The summed E-state index contributed by atoms with van der Waals surface area (Å²) in [5, 5.41) is 8.18. The number of nitrogens with zero attached hydrogens (tertiary/aromatic N) is 1. The molecule has 0 aliphatic carbocycles.